The second-order valence-electron chi connectivity index (χ2n) is 5.47. The molecule has 3 N–H and O–H groups in total. The van der Waals surface area contributed by atoms with Gasteiger partial charge in [0.05, 0.1) is 5.56 Å². The van der Waals surface area contributed by atoms with Gasteiger partial charge in [-0.15, -0.1) is 0 Å². The van der Waals surface area contributed by atoms with Gasteiger partial charge < -0.3 is 15.1 Å². The predicted octanol–water partition coefficient (Wildman–Crippen LogP) is 1.28. The first kappa shape index (κ1) is 14.0. The van der Waals surface area contributed by atoms with Gasteiger partial charge in [-0.2, -0.15) is 4.98 Å². The summed E-state index contributed by atoms with van der Waals surface area (Å²) < 4.78 is 5.93. The molecule has 1 saturated carbocycles. The zero-order valence-corrected chi connectivity index (χ0v) is 12.1. The van der Waals surface area contributed by atoms with Crippen molar-refractivity contribution in [1.29, 1.82) is 0 Å². The lowest BCUT2D eigenvalue weighted by Crippen LogP contribution is -2.28. The fourth-order valence-corrected chi connectivity index (χ4v) is 2.03. The highest BCUT2D eigenvalue weighted by molar-refractivity contribution is 5.48. The number of hydrogen-bond donors (Lipinski definition) is 2. The number of hydrazine groups is 1. The Kier molecular flexibility index (Phi) is 4.21. The first-order chi connectivity index (χ1) is 9.01. The molecule has 0 amide bonds. The molecule has 106 valence electrons. The maximum absolute atomic E-state index is 5.93. The average Bonchev–Trinajstić information content (AvgIpc) is 3.14. The van der Waals surface area contributed by atoms with Gasteiger partial charge in [-0.1, -0.05) is 0 Å². The number of ether oxygens (including phenoxy) is 1. The first-order valence-electron chi connectivity index (χ1n) is 6.67. The Hall–Kier alpha value is -1.40. The highest BCUT2D eigenvalue weighted by Crippen LogP contribution is 2.39. The highest BCUT2D eigenvalue weighted by Gasteiger charge is 2.28. The van der Waals surface area contributed by atoms with E-state index in [2.05, 4.69) is 20.3 Å². The second kappa shape index (κ2) is 5.71. The largest absolute Gasteiger partial charge is 0.473 e. The van der Waals surface area contributed by atoms with Crippen molar-refractivity contribution in [2.24, 2.45) is 5.84 Å². The van der Waals surface area contributed by atoms with Gasteiger partial charge in [-0.05, 0) is 40.8 Å². The van der Waals surface area contributed by atoms with Crippen LogP contribution in [-0.4, -0.2) is 41.6 Å². The number of nitrogen functional groups attached to an aromatic ring is 1. The van der Waals surface area contributed by atoms with Crippen LogP contribution in [0, 0.1) is 6.92 Å². The van der Waals surface area contributed by atoms with Crippen LogP contribution < -0.4 is 16.0 Å². The van der Waals surface area contributed by atoms with Crippen LogP contribution in [0.4, 0.5) is 5.82 Å². The topological polar surface area (TPSA) is 76.3 Å². The molecule has 1 atom stereocenters. The summed E-state index contributed by atoms with van der Waals surface area (Å²) in [7, 11) is 4.05. The fraction of sp³-hybridized carbons (Fsp3) is 0.692. The minimum absolute atomic E-state index is 0.0706. The lowest BCUT2D eigenvalue weighted by molar-refractivity contribution is 0.169. The van der Waals surface area contributed by atoms with Gasteiger partial charge >= 0.3 is 0 Å². The zero-order chi connectivity index (χ0) is 14.0. The molecule has 0 aliphatic heterocycles. The van der Waals surface area contributed by atoms with Crippen LogP contribution in [0.1, 0.15) is 37.1 Å². The van der Waals surface area contributed by atoms with Crippen molar-refractivity contribution in [2.75, 3.05) is 26.1 Å². The van der Waals surface area contributed by atoms with Crippen molar-refractivity contribution >= 4 is 5.82 Å². The van der Waals surface area contributed by atoms with Crippen molar-refractivity contribution in [3.63, 3.8) is 0 Å². The molecule has 1 aliphatic rings. The Morgan fingerprint density at radius 1 is 1.42 bits per heavy atom. The number of nitrogens with one attached hydrogen (secondary N) is 1. The standard InChI is InChI=1S/C13H23N5O/c1-8(7-18(3)4)19-13-9(2)11(17-14)15-12(16-13)10-5-6-10/h8,10H,5-7,14H2,1-4H3,(H,15,16,17). The van der Waals surface area contributed by atoms with Crippen molar-refractivity contribution < 1.29 is 4.74 Å². The minimum atomic E-state index is 0.0706. The molecule has 2 rings (SSSR count). The van der Waals surface area contributed by atoms with Crippen molar-refractivity contribution in [3.8, 4) is 5.88 Å². The van der Waals surface area contributed by atoms with Gasteiger partial charge in [0.2, 0.25) is 5.88 Å². The zero-order valence-electron chi connectivity index (χ0n) is 12.1. The summed E-state index contributed by atoms with van der Waals surface area (Å²) in [5.41, 5.74) is 3.49. The van der Waals surface area contributed by atoms with E-state index in [4.69, 9.17) is 10.6 Å². The maximum atomic E-state index is 5.93. The van der Waals surface area contributed by atoms with Crippen LogP contribution in [-0.2, 0) is 0 Å². The molecule has 0 aromatic carbocycles. The smallest absolute Gasteiger partial charge is 0.222 e. The molecule has 0 saturated heterocycles. The Bertz CT molecular complexity index is 445. The fourth-order valence-electron chi connectivity index (χ4n) is 2.03. The molecule has 1 heterocycles. The van der Waals surface area contributed by atoms with Crippen LogP contribution >= 0.6 is 0 Å². The molecule has 0 radical (unpaired) electrons. The summed E-state index contributed by atoms with van der Waals surface area (Å²) in [5.74, 6) is 8.12. The molecule has 1 aromatic heterocycles. The number of anilines is 1. The van der Waals surface area contributed by atoms with Crippen LogP contribution in [0.2, 0.25) is 0 Å². The first-order valence-corrected chi connectivity index (χ1v) is 6.67. The van der Waals surface area contributed by atoms with Gasteiger partial charge in [0.25, 0.3) is 0 Å². The molecule has 1 aromatic rings. The van der Waals surface area contributed by atoms with E-state index < -0.39 is 0 Å². The molecule has 0 bridgehead atoms. The molecule has 6 heteroatoms. The molecule has 0 spiro atoms. The normalized spacial score (nSPS) is 16.5. The lowest BCUT2D eigenvalue weighted by Gasteiger charge is -2.20. The second-order valence-corrected chi connectivity index (χ2v) is 5.47. The Morgan fingerprint density at radius 2 is 2.11 bits per heavy atom. The number of nitrogens with two attached hydrogens (primary N) is 1. The quantitative estimate of drug-likeness (QED) is 0.596. The van der Waals surface area contributed by atoms with Gasteiger partial charge in [-0.25, -0.2) is 10.8 Å². The molecule has 6 nitrogen and oxygen atoms in total. The summed E-state index contributed by atoms with van der Waals surface area (Å²) >= 11 is 0. The Morgan fingerprint density at radius 3 is 2.63 bits per heavy atom. The van der Waals surface area contributed by atoms with Gasteiger partial charge in [0.1, 0.15) is 17.7 Å². The summed E-state index contributed by atoms with van der Waals surface area (Å²) in [6.45, 7) is 4.80. The monoisotopic (exact) mass is 265 g/mol. The summed E-state index contributed by atoms with van der Waals surface area (Å²) in [6.07, 6.45) is 2.38. The number of likely N-dealkylation sites (N-methyl/N-ethyl adjacent to an activating group) is 1. The maximum Gasteiger partial charge on any atom is 0.222 e. The van der Waals surface area contributed by atoms with Crippen LogP contribution in [0.15, 0.2) is 0 Å². The molecule has 1 aliphatic carbocycles. The van der Waals surface area contributed by atoms with E-state index in [0.29, 0.717) is 17.6 Å². The highest BCUT2D eigenvalue weighted by atomic mass is 16.5. The number of rotatable bonds is 6. The van der Waals surface area contributed by atoms with Crippen molar-refractivity contribution in [1.82, 2.24) is 14.9 Å². The van der Waals surface area contributed by atoms with Gasteiger partial charge in [-0.3, -0.25) is 0 Å². The van der Waals surface area contributed by atoms with Gasteiger partial charge in [0, 0.05) is 12.5 Å². The van der Waals surface area contributed by atoms with E-state index in [1.807, 2.05) is 27.9 Å². The minimum Gasteiger partial charge on any atom is -0.473 e. The van der Waals surface area contributed by atoms with Crippen LogP contribution in [0.25, 0.3) is 0 Å². The Balaban J connectivity index is 2.20. The summed E-state index contributed by atoms with van der Waals surface area (Å²) in [4.78, 5) is 11.1. The third-order valence-corrected chi connectivity index (χ3v) is 3.13. The van der Waals surface area contributed by atoms with Crippen molar-refractivity contribution in [2.45, 2.75) is 38.7 Å². The molecule has 19 heavy (non-hydrogen) atoms. The van der Waals surface area contributed by atoms with E-state index in [1.165, 1.54) is 0 Å². The number of nitrogens with zero attached hydrogens (tertiary/aromatic N) is 3. The van der Waals surface area contributed by atoms with Crippen LogP contribution in [0.5, 0.6) is 5.88 Å². The summed E-state index contributed by atoms with van der Waals surface area (Å²) in [6, 6.07) is 0. The number of aromatic nitrogens is 2. The van der Waals surface area contributed by atoms with E-state index in [9.17, 15) is 0 Å². The Labute approximate surface area is 114 Å². The SMILES string of the molecule is Cc1c(NN)nc(C2CC2)nc1OC(C)CN(C)C. The third-order valence-electron chi connectivity index (χ3n) is 3.13. The van der Waals surface area contributed by atoms with E-state index >= 15 is 0 Å². The van der Waals surface area contributed by atoms with Crippen molar-refractivity contribution in [3.05, 3.63) is 11.4 Å². The van der Waals surface area contributed by atoms with Crippen LogP contribution in [0.3, 0.4) is 0 Å². The average molecular weight is 265 g/mol. The molecular weight excluding hydrogens is 242 g/mol. The molecular formula is C13H23N5O. The predicted molar refractivity (Wildman–Crippen MR) is 75.2 cm³/mol. The van der Waals surface area contributed by atoms with E-state index in [-0.39, 0.29) is 6.10 Å². The third kappa shape index (κ3) is 3.54. The van der Waals surface area contributed by atoms with E-state index in [1.54, 1.807) is 0 Å². The van der Waals surface area contributed by atoms with E-state index in [0.717, 1.165) is 30.8 Å². The molecule has 1 unspecified atom stereocenters. The molecule has 1 fully saturated rings. The number of hydrogen-bond acceptors (Lipinski definition) is 6. The van der Waals surface area contributed by atoms with Gasteiger partial charge in [0.15, 0.2) is 0 Å². The lowest BCUT2D eigenvalue weighted by atomic mass is 10.3. The summed E-state index contributed by atoms with van der Waals surface area (Å²) in [5, 5.41) is 0.